The molecule has 8 nitrogen and oxygen atoms in total. The van der Waals surface area contributed by atoms with E-state index in [0.717, 1.165) is 31.2 Å². The lowest BCUT2D eigenvalue weighted by Crippen LogP contribution is -2.55. The molecule has 1 saturated heterocycles. The van der Waals surface area contributed by atoms with E-state index in [1.54, 1.807) is 4.90 Å². The number of urea groups is 1. The standard InChI is InChI=1S/C23H35BN4O4/c1-17(2)11-12-19(15-25)22(29)28-13-7-6-10-20(28)16-26-23(30)27-21(24(31)32)14-18-8-4-3-5-9-18/h3-5,8-9,17,19-21,31-32H,6-7,10-14,16H2,1-2H3,(H2,26,27,30)/t19?,20-,21-/m0/s1. The maximum Gasteiger partial charge on any atom is 0.475 e. The van der Waals surface area contributed by atoms with E-state index >= 15 is 0 Å². The van der Waals surface area contributed by atoms with Gasteiger partial charge in [-0.25, -0.2) is 4.79 Å². The number of rotatable bonds is 10. The normalized spacial score (nSPS) is 17.9. The molecule has 174 valence electrons. The van der Waals surface area contributed by atoms with Crippen LogP contribution in [0.2, 0.25) is 0 Å². The summed E-state index contributed by atoms with van der Waals surface area (Å²) in [5, 5.41) is 34.2. The molecule has 1 aliphatic rings. The molecular formula is C23H35BN4O4. The van der Waals surface area contributed by atoms with Crippen LogP contribution >= 0.6 is 0 Å². The van der Waals surface area contributed by atoms with Crippen LogP contribution in [0.1, 0.15) is 51.5 Å². The molecule has 1 aliphatic heterocycles. The van der Waals surface area contributed by atoms with Gasteiger partial charge in [0.05, 0.1) is 12.0 Å². The van der Waals surface area contributed by atoms with Crippen molar-refractivity contribution >= 4 is 19.1 Å². The number of carbonyl (C=O) groups excluding carboxylic acids is 2. The van der Waals surface area contributed by atoms with Crippen molar-refractivity contribution in [3.63, 3.8) is 0 Å². The average molecular weight is 442 g/mol. The zero-order valence-corrected chi connectivity index (χ0v) is 19.0. The van der Waals surface area contributed by atoms with Crippen LogP contribution in [0.4, 0.5) is 4.79 Å². The Hall–Kier alpha value is -2.57. The SMILES string of the molecule is CC(C)CCC(C#N)C(=O)N1CCCC[C@H]1CNC(=O)N[C@@H](Cc1ccccc1)B(O)O. The zero-order chi connectivity index (χ0) is 23.5. The first-order valence-electron chi connectivity index (χ1n) is 11.5. The van der Waals surface area contributed by atoms with Gasteiger partial charge in [-0.15, -0.1) is 0 Å². The first kappa shape index (κ1) is 25.7. The minimum atomic E-state index is -1.70. The van der Waals surface area contributed by atoms with Gasteiger partial charge in [-0.05, 0) is 50.0 Å². The molecule has 2 rings (SSSR count). The highest BCUT2D eigenvalue weighted by Crippen LogP contribution is 2.22. The molecule has 1 heterocycles. The summed E-state index contributed by atoms with van der Waals surface area (Å²) in [6.45, 7) is 4.97. The van der Waals surface area contributed by atoms with E-state index in [4.69, 9.17) is 0 Å². The number of nitrogens with zero attached hydrogens (tertiary/aromatic N) is 2. The highest BCUT2D eigenvalue weighted by molar-refractivity contribution is 6.43. The van der Waals surface area contributed by atoms with Gasteiger partial charge in [-0.2, -0.15) is 5.26 Å². The molecule has 0 aliphatic carbocycles. The second-order valence-corrected chi connectivity index (χ2v) is 8.90. The van der Waals surface area contributed by atoms with Crippen LogP contribution in [0.3, 0.4) is 0 Å². The predicted molar refractivity (Wildman–Crippen MR) is 123 cm³/mol. The fourth-order valence-electron chi connectivity index (χ4n) is 3.98. The van der Waals surface area contributed by atoms with Gasteiger partial charge in [0.25, 0.3) is 0 Å². The molecule has 1 aromatic rings. The van der Waals surface area contributed by atoms with Gasteiger partial charge >= 0.3 is 13.1 Å². The van der Waals surface area contributed by atoms with Crippen LogP contribution in [0, 0.1) is 23.2 Å². The second-order valence-electron chi connectivity index (χ2n) is 8.90. The largest absolute Gasteiger partial charge is 0.475 e. The van der Waals surface area contributed by atoms with Crippen LogP contribution in [-0.4, -0.2) is 59.1 Å². The zero-order valence-electron chi connectivity index (χ0n) is 19.0. The molecule has 3 amide bonds. The minimum Gasteiger partial charge on any atom is -0.426 e. The Morgan fingerprint density at radius 1 is 1.22 bits per heavy atom. The summed E-state index contributed by atoms with van der Waals surface area (Å²) < 4.78 is 0. The third kappa shape index (κ3) is 8.17. The van der Waals surface area contributed by atoms with Crippen LogP contribution < -0.4 is 10.6 Å². The van der Waals surface area contributed by atoms with Crippen LogP contribution in [0.15, 0.2) is 30.3 Å². The molecule has 1 fully saturated rings. The maximum absolute atomic E-state index is 13.0. The number of carbonyl (C=O) groups is 2. The lowest BCUT2D eigenvalue weighted by molar-refractivity contribution is -0.137. The van der Waals surface area contributed by atoms with Gasteiger partial charge in [0.1, 0.15) is 5.92 Å². The fourth-order valence-corrected chi connectivity index (χ4v) is 3.98. The molecule has 4 N–H and O–H groups in total. The van der Waals surface area contributed by atoms with Crippen molar-refractivity contribution in [1.82, 2.24) is 15.5 Å². The monoisotopic (exact) mass is 442 g/mol. The third-order valence-electron chi connectivity index (χ3n) is 5.87. The molecule has 3 atom stereocenters. The topological polar surface area (TPSA) is 126 Å². The molecule has 0 radical (unpaired) electrons. The van der Waals surface area contributed by atoms with E-state index in [-0.39, 0.29) is 24.9 Å². The van der Waals surface area contributed by atoms with Crippen molar-refractivity contribution in [3.05, 3.63) is 35.9 Å². The molecule has 1 unspecified atom stereocenters. The van der Waals surface area contributed by atoms with E-state index in [9.17, 15) is 24.9 Å². The van der Waals surface area contributed by atoms with Gasteiger partial charge in [-0.1, -0.05) is 44.2 Å². The summed E-state index contributed by atoms with van der Waals surface area (Å²) in [4.78, 5) is 27.1. The second kappa shape index (κ2) is 13.1. The highest BCUT2D eigenvalue weighted by atomic mass is 16.4. The van der Waals surface area contributed by atoms with E-state index in [2.05, 4.69) is 30.6 Å². The molecular weight excluding hydrogens is 407 g/mol. The third-order valence-corrected chi connectivity index (χ3v) is 5.87. The molecule has 0 saturated carbocycles. The molecule has 9 heteroatoms. The quantitative estimate of drug-likeness (QED) is 0.412. The van der Waals surface area contributed by atoms with E-state index in [0.29, 0.717) is 18.9 Å². The smallest absolute Gasteiger partial charge is 0.426 e. The van der Waals surface area contributed by atoms with Gasteiger partial charge in [0, 0.05) is 19.1 Å². The van der Waals surface area contributed by atoms with E-state index in [1.807, 2.05) is 30.3 Å². The van der Waals surface area contributed by atoms with Crippen LogP contribution in [-0.2, 0) is 11.2 Å². The Morgan fingerprint density at radius 2 is 1.94 bits per heavy atom. The number of likely N-dealkylation sites (tertiary alicyclic amines) is 1. The Balaban J connectivity index is 1.92. The Kier molecular flexibility index (Phi) is 10.5. The first-order valence-corrected chi connectivity index (χ1v) is 11.5. The van der Waals surface area contributed by atoms with Crippen LogP contribution in [0.5, 0.6) is 0 Å². The minimum absolute atomic E-state index is 0.159. The van der Waals surface area contributed by atoms with E-state index < -0.39 is 25.0 Å². The lowest BCUT2D eigenvalue weighted by atomic mass is 9.76. The van der Waals surface area contributed by atoms with Crippen LogP contribution in [0.25, 0.3) is 0 Å². The van der Waals surface area contributed by atoms with Crippen molar-refractivity contribution in [2.75, 3.05) is 13.1 Å². The first-order chi connectivity index (χ1) is 15.3. The summed E-state index contributed by atoms with van der Waals surface area (Å²) in [6, 6.07) is 10.7. The molecule has 0 aromatic heterocycles. The van der Waals surface area contributed by atoms with Crippen molar-refractivity contribution in [1.29, 1.82) is 5.26 Å². The Bertz CT molecular complexity index is 769. The molecule has 0 bridgehead atoms. The summed E-state index contributed by atoms with van der Waals surface area (Å²) in [7, 11) is -1.70. The van der Waals surface area contributed by atoms with Gasteiger partial charge in [0.2, 0.25) is 5.91 Å². The summed E-state index contributed by atoms with van der Waals surface area (Å²) in [5.74, 6) is -1.26. The fraction of sp³-hybridized carbons (Fsp3) is 0.609. The van der Waals surface area contributed by atoms with Crippen molar-refractivity contribution in [2.45, 2.75) is 64.4 Å². The van der Waals surface area contributed by atoms with Gasteiger partial charge in [-0.3, -0.25) is 4.79 Å². The number of piperidine rings is 1. The lowest BCUT2D eigenvalue weighted by Gasteiger charge is -2.37. The van der Waals surface area contributed by atoms with Gasteiger partial charge < -0.3 is 25.6 Å². The predicted octanol–water partition coefficient (Wildman–Crippen LogP) is 1.87. The van der Waals surface area contributed by atoms with Crippen molar-refractivity contribution in [3.8, 4) is 6.07 Å². The number of nitrogens with one attached hydrogen (secondary N) is 2. The number of amides is 3. The number of nitriles is 1. The van der Waals surface area contributed by atoms with E-state index in [1.165, 1.54) is 0 Å². The summed E-state index contributed by atoms with van der Waals surface area (Å²) in [5.41, 5.74) is 0.874. The highest BCUT2D eigenvalue weighted by Gasteiger charge is 2.32. The number of benzene rings is 1. The summed E-state index contributed by atoms with van der Waals surface area (Å²) in [6.07, 6.45) is 4.22. The van der Waals surface area contributed by atoms with Crippen molar-refractivity contribution in [2.24, 2.45) is 11.8 Å². The molecule has 0 spiro atoms. The Morgan fingerprint density at radius 3 is 2.56 bits per heavy atom. The molecule has 1 aromatic carbocycles. The number of hydrogen-bond donors (Lipinski definition) is 4. The average Bonchev–Trinajstić information content (AvgIpc) is 2.78. The Labute approximate surface area is 191 Å². The van der Waals surface area contributed by atoms with Crippen molar-refractivity contribution < 1.29 is 19.6 Å². The number of hydrogen-bond acceptors (Lipinski definition) is 5. The molecule has 32 heavy (non-hydrogen) atoms. The summed E-state index contributed by atoms with van der Waals surface area (Å²) >= 11 is 0. The maximum atomic E-state index is 13.0. The van der Waals surface area contributed by atoms with Gasteiger partial charge in [0.15, 0.2) is 0 Å².